The molecule has 1 saturated heterocycles. The molecular formula is C14H20BrN3. The summed E-state index contributed by atoms with van der Waals surface area (Å²) in [6.07, 6.45) is 3.58. The Labute approximate surface area is 117 Å². The molecule has 0 aromatic heterocycles. The van der Waals surface area contributed by atoms with E-state index in [1.165, 1.54) is 12.8 Å². The smallest absolute Gasteiger partial charge is 0.124 e. The molecule has 4 heteroatoms. The first kappa shape index (κ1) is 13.4. The summed E-state index contributed by atoms with van der Waals surface area (Å²) in [6.45, 7) is 4.48. The van der Waals surface area contributed by atoms with E-state index >= 15 is 0 Å². The highest BCUT2D eigenvalue weighted by Gasteiger charge is 2.31. The molecule has 0 saturated carbocycles. The van der Waals surface area contributed by atoms with Gasteiger partial charge in [-0.2, -0.15) is 0 Å². The van der Waals surface area contributed by atoms with Crippen LogP contribution < -0.4 is 10.6 Å². The third kappa shape index (κ3) is 2.39. The van der Waals surface area contributed by atoms with Crippen LogP contribution in [0.3, 0.4) is 0 Å². The maximum Gasteiger partial charge on any atom is 0.124 e. The van der Waals surface area contributed by atoms with Crippen molar-refractivity contribution < 1.29 is 0 Å². The van der Waals surface area contributed by atoms with E-state index in [2.05, 4.69) is 40.7 Å². The maximum atomic E-state index is 7.76. The molecule has 3 N–H and O–H groups in total. The normalized spacial score (nSPS) is 23.4. The van der Waals surface area contributed by atoms with Gasteiger partial charge in [-0.25, -0.2) is 0 Å². The molecule has 1 aromatic carbocycles. The number of rotatable bonds is 3. The summed E-state index contributed by atoms with van der Waals surface area (Å²) < 4.78 is 0.969. The average molecular weight is 310 g/mol. The molecule has 2 atom stereocenters. The van der Waals surface area contributed by atoms with E-state index in [1.807, 2.05) is 12.1 Å². The molecule has 0 bridgehead atoms. The number of nitrogens with one attached hydrogen (secondary N) is 1. The summed E-state index contributed by atoms with van der Waals surface area (Å²) in [7, 11) is 0. The van der Waals surface area contributed by atoms with Crippen molar-refractivity contribution in [2.75, 3.05) is 4.90 Å². The van der Waals surface area contributed by atoms with E-state index < -0.39 is 0 Å². The highest BCUT2D eigenvalue weighted by Crippen LogP contribution is 2.35. The van der Waals surface area contributed by atoms with Crippen molar-refractivity contribution in [2.45, 2.75) is 45.2 Å². The second-order valence-electron chi connectivity index (χ2n) is 4.97. The van der Waals surface area contributed by atoms with Crippen molar-refractivity contribution in [3.05, 3.63) is 28.2 Å². The fourth-order valence-corrected chi connectivity index (χ4v) is 3.22. The number of nitrogens with zero attached hydrogens (tertiary/aromatic N) is 1. The van der Waals surface area contributed by atoms with Crippen LogP contribution in [0, 0.1) is 5.41 Å². The van der Waals surface area contributed by atoms with Crippen LogP contribution in [-0.2, 0) is 0 Å². The number of amidine groups is 1. The minimum Gasteiger partial charge on any atom is -0.384 e. The zero-order valence-electron chi connectivity index (χ0n) is 10.9. The van der Waals surface area contributed by atoms with Crippen molar-refractivity contribution in [2.24, 2.45) is 5.73 Å². The zero-order chi connectivity index (χ0) is 13.3. The van der Waals surface area contributed by atoms with Crippen LogP contribution in [0.1, 0.15) is 38.7 Å². The van der Waals surface area contributed by atoms with Gasteiger partial charge in [0.2, 0.25) is 0 Å². The molecule has 1 heterocycles. The average Bonchev–Trinajstić information content (AvgIpc) is 2.70. The molecule has 0 spiro atoms. The molecule has 18 heavy (non-hydrogen) atoms. The van der Waals surface area contributed by atoms with E-state index in [4.69, 9.17) is 11.1 Å². The Bertz CT molecular complexity index is 458. The minimum atomic E-state index is 0.139. The molecular weight excluding hydrogens is 290 g/mol. The van der Waals surface area contributed by atoms with Crippen LogP contribution in [0.15, 0.2) is 22.7 Å². The first-order valence-corrected chi connectivity index (χ1v) is 7.26. The first-order valence-electron chi connectivity index (χ1n) is 6.46. The van der Waals surface area contributed by atoms with Gasteiger partial charge < -0.3 is 10.6 Å². The standard InChI is InChI=1S/C14H20BrN3/c1-3-11-6-4-9(2)18(11)13-7-5-10(15)8-12(13)14(16)17/h5,7-9,11H,3-4,6H2,1-2H3,(H3,16,17). The zero-order valence-corrected chi connectivity index (χ0v) is 12.5. The second kappa shape index (κ2) is 5.31. The molecule has 0 amide bonds. The molecule has 3 nitrogen and oxygen atoms in total. The summed E-state index contributed by atoms with van der Waals surface area (Å²) in [5, 5.41) is 7.76. The lowest BCUT2D eigenvalue weighted by Crippen LogP contribution is -2.35. The van der Waals surface area contributed by atoms with Crippen LogP contribution in [0.25, 0.3) is 0 Å². The summed E-state index contributed by atoms with van der Waals surface area (Å²) in [4.78, 5) is 2.43. The lowest BCUT2D eigenvalue weighted by atomic mass is 10.1. The minimum absolute atomic E-state index is 0.139. The number of nitrogen functional groups attached to an aromatic ring is 1. The van der Waals surface area contributed by atoms with Crippen LogP contribution in [0.4, 0.5) is 5.69 Å². The van der Waals surface area contributed by atoms with Gasteiger partial charge in [-0.05, 0) is 44.4 Å². The second-order valence-corrected chi connectivity index (χ2v) is 5.89. The lowest BCUT2D eigenvalue weighted by Gasteiger charge is -2.32. The Morgan fingerprint density at radius 3 is 2.83 bits per heavy atom. The topological polar surface area (TPSA) is 53.1 Å². The van der Waals surface area contributed by atoms with E-state index in [9.17, 15) is 0 Å². The number of nitrogens with two attached hydrogens (primary N) is 1. The van der Waals surface area contributed by atoms with Crippen LogP contribution in [-0.4, -0.2) is 17.9 Å². The predicted octanol–water partition coefficient (Wildman–Crippen LogP) is 3.50. The highest BCUT2D eigenvalue weighted by atomic mass is 79.9. The Morgan fingerprint density at radius 2 is 2.22 bits per heavy atom. The fraction of sp³-hybridized carbons (Fsp3) is 0.500. The van der Waals surface area contributed by atoms with Crippen molar-refractivity contribution in [3.63, 3.8) is 0 Å². The molecule has 0 radical (unpaired) electrons. The summed E-state index contributed by atoms with van der Waals surface area (Å²) >= 11 is 3.45. The van der Waals surface area contributed by atoms with Gasteiger partial charge in [-0.3, -0.25) is 5.41 Å². The fourth-order valence-electron chi connectivity index (χ4n) is 2.86. The van der Waals surface area contributed by atoms with E-state index in [0.717, 1.165) is 22.1 Å². The quantitative estimate of drug-likeness (QED) is 0.663. The van der Waals surface area contributed by atoms with Gasteiger partial charge in [0.05, 0.1) is 0 Å². The first-order chi connectivity index (χ1) is 8.54. The SMILES string of the molecule is CCC1CCC(C)N1c1ccc(Br)cc1C(=N)N. The highest BCUT2D eigenvalue weighted by molar-refractivity contribution is 9.10. The Morgan fingerprint density at radius 1 is 1.50 bits per heavy atom. The molecule has 0 aliphatic carbocycles. The van der Waals surface area contributed by atoms with Gasteiger partial charge in [0.15, 0.2) is 0 Å². The third-order valence-corrected chi connectivity index (χ3v) is 4.28. The maximum absolute atomic E-state index is 7.76. The van der Waals surface area contributed by atoms with Gasteiger partial charge in [0.1, 0.15) is 5.84 Å². The van der Waals surface area contributed by atoms with E-state index in [-0.39, 0.29) is 5.84 Å². The number of hydrogen-bond acceptors (Lipinski definition) is 2. The van der Waals surface area contributed by atoms with Crippen molar-refractivity contribution in [1.82, 2.24) is 0 Å². The largest absolute Gasteiger partial charge is 0.384 e. The lowest BCUT2D eigenvalue weighted by molar-refractivity contribution is 0.627. The summed E-state index contributed by atoms with van der Waals surface area (Å²) in [5.41, 5.74) is 7.65. The molecule has 1 aliphatic rings. The van der Waals surface area contributed by atoms with E-state index in [1.54, 1.807) is 0 Å². The molecule has 2 unspecified atom stereocenters. The summed E-state index contributed by atoms with van der Waals surface area (Å²) in [5.74, 6) is 0.139. The van der Waals surface area contributed by atoms with Crippen molar-refractivity contribution in [1.29, 1.82) is 5.41 Å². The Balaban J connectivity index is 2.46. The molecule has 1 aliphatic heterocycles. The van der Waals surface area contributed by atoms with Gasteiger partial charge >= 0.3 is 0 Å². The molecule has 2 rings (SSSR count). The van der Waals surface area contributed by atoms with Crippen molar-refractivity contribution >= 4 is 27.5 Å². The summed E-state index contributed by atoms with van der Waals surface area (Å²) in [6, 6.07) is 7.13. The number of benzene rings is 1. The van der Waals surface area contributed by atoms with Crippen LogP contribution in [0.2, 0.25) is 0 Å². The third-order valence-electron chi connectivity index (χ3n) is 3.78. The Kier molecular flexibility index (Phi) is 3.95. The van der Waals surface area contributed by atoms with Gasteiger partial charge in [0, 0.05) is 27.8 Å². The molecule has 1 fully saturated rings. The van der Waals surface area contributed by atoms with Crippen molar-refractivity contribution in [3.8, 4) is 0 Å². The molecule has 98 valence electrons. The monoisotopic (exact) mass is 309 g/mol. The van der Waals surface area contributed by atoms with Crippen LogP contribution >= 0.6 is 15.9 Å². The van der Waals surface area contributed by atoms with Crippen LogP contribution in [0.5, 0.6) is 0 Å². The molecule has 1 aromatic rings. The Hall–Kier alpha value is -1.03. The van der Waals surface area contributed by atoms with Gasteiger partial charge in [-0.15, -0.1) is 0 Å². The van der Waals surface area contributed by atoms with E-state index in [0.29, 0.717) is 12.1 Å². The number of halogens is 1. The van der Waals surface area contributed by atoms with Gasteiger partial charge in [0.25, 0.3) is 0 Å². The number of anilines is 1. The predicted molar refractivity (Wildman–Crippen MR) is 80.4 cm³/mol. The number of hydrogen-bond donors (Lipinski definition) is 2. The van der Waals surface area contributed by atoms with Gasteiger partial charge in [-0.1, -0.05) is 22.9 Å².